The van der Waals surface area contributed by atoms with Gasteiger partial charge in [0.05, 0.1) is 5.69 Å². The number of aromatic hydroxyl groups is 2. The van der Waals surface area contributed by atoms with E-state index in [2.05, 4.69) is 10.2 Å². The average Bonchev–Trinajstić information content (AvgIpc) is 2.75. The predicted molar refractivity (Wildman–Crippen MR) is 61.7 cm³/mol. The highest BCUT2D eigenvalue weighted by atomic mass is 16.4. The molecule has 0 atom stereocenters. The average molecular weight is 246 g/mol. The van der Waals surface area contributed by atoms with Gasteiger partial charge in [-0.05, 0) is 30.5 Å². The van der Waals surface area contributed by atoms with Gasteiger partial charge in [0.25, 0.3) is 0 Å². The van der Waals surface area contributed by atoms with Crippen molar-refractivity contribution in [2.24, 2.45) is 0 Å². The summed E-state index contributed by atoms with van der Waals surface area (Å²) in [5, 5.41) is 34.5. The summed E-state index contributed by atoms with van der Waals surface area (Å²) in [5.41, 5.74) is 2.77. The van der Waals surface area contributed by atoms with Crippen molar-refractivity contribution in [2.45, 2.75) is 12.8 Å². The van der Waals surface area contributed by atoms with Crippen LogP contribution in [-0.4, -0.2) is 31.5 Å². The molecule has 4 N–H and O–H groups in total. The summed E-state index contributed by atoms with van der Waals surface area (Å²) < 4.78 is 0. The van der Waals surface area contributed by atoms with Crippen LogP contribution in [0.2, 0.25) is 0 Å². The number of rotatable bonds is 1. The van der Waals surface area contributed by atoms with Gasteiger partial charge >= 0.3 is 5.97 Å². The molecule has 1 aliphatic rings. The van der Waals surface area contributed by atoms with Crippen LogP contribution in [0.5, 0.6) is 11.5 Å². The number of carboxylic acids is 1. The Morgan fingerprint density at radius 1 is 1.22 bits per heavy atom. The predicted octanol–water partition coefficient (Wildman–Crippen LogP) is 1.28. The van der Waals surface area contributed by atoms with Crippen molar-refractivity contribution in [3.8, 4) is 22.8 Å². The third-order valence-corrected chi connectivity index (χ3v) is 3.18. The van der Waals surface area contributed by atoms with Gasteiger partial charge < -0.3 is 15.3 Å². The number of carbonyl (C=O) groups is 1. The second-order valence-electron chi connectivity index (χ2n) is 4.23. The zero-order chi connectivity index (χ0) is 12.9. The number of nitrogens with zero attached hydrogens (tertiary/aromatic N) is 1. The number of phenolic OH excluding ortho intramolecular Hbond substituents is 2. The van der Waals surface area contributed by atoms with Gasteiger partial charge in [0, 0.05) is 11.1 Å². The quantitative estimate of drug-likeness (QED) is 0.567. The van der Waals surface area contributed by atoms with Crippen LogP contribution >= 0.6 is 0 Å². The maximum atomic E-state index is 11.0. The number of hydrogen-bond acceptors (Lipinski definition) is 4. The largest absolute Gasteiger partial charge is 0.504 e. The smallest absolute Gasteiger partial charge is 0.354 e. The van der Waals surface area contributed by atoms with Gasteiger partial charge in [0.1, 0.15) is 5.69 Å². The van der Waals surface area contributed by atoms with Crippen molar-refractivity contribution < 1.29 is 20.1 Å². The van der Waals surface area contributed by atoms with Gasteiger partial charge in [-0.15, -0.1) is 0 Å². The summed E-state index contributed by atoms with van der Waals surface area (Å²) in [7, 11) is 0. The first-order chi connectivity index (χ1) is 8.58. The summed E-state index contributed by atoms with van der Waals surface area (Å²) >= 11 is 0. The molecular weight excluding hydrogens is 236 g/mol. The number of aryl methyl sites for hydroxylation is 1. The van der Waals surface area contributed by atoms with Gasteiger partial charge in [-0.3, -0.25) is 5.10 Å². The number of carboxylic acid groups (broad SMARTS) is 1. The third kappa shape index (κ3) is 1.35. The van der Waals surface area contributed by atoms with Crippen LogP contribution in [0.1, 0.15) is 21.6 Å². The molecule has 0 radical (unpaired) electrons. The first-order valence-corrected chi connectivity index (χ1v) is 5.43. The molecule has 6 heteroatoms. The number of nitrogens with one attached hydrogen (secondary N) is 1. The first-order valence-electron chi connectivity index (χ1n) is 5.43. The normalized spacial score (nSPS) is 12.9. The number of H-pyrrole nitrogens is 1. The Balaban J connectivity index is 2.23. The molecule has 0 saturated heterocycles. The molecule has 0 bridgehead atoms. The van der Waals surface area contributed by atoms with E-state index < -0.39 is 5.97 Å². The number of fused-ring (bicyclic) bond motifs is 3. The minimum atomic E-state index is -1.05. The molecule has 1 aromatic carbocycles. The Morgan fingerprint density at radius 2 is 1.94 bits per heavy atom. The second-order valence-corrected chi connectivity index (χ2v) is 4.23. The van der Waals surface area contributed by atoms with E-state index in [0.717, 1.165) is 5.56 Å². The topological polar surface area (TPSA) is 106 Å². The number of hydrogen-bond donors (Lipinski definition) is 4. The standard InChI is InChI=1S/C12H10N2O4/c15-8-3-5-1-2-6-10(7(5)4-9(8)16)13-14-11(6)12(17)18/h3-4,15-16H,1-2H2,(H,13,14)(H,17,18). The fourth-order valence-corrected chi connectivity index (χ4v) is 2.32. The Bertz CT molecular complexity index is 660. The van der Waals surface area contributed by atoms with Crippen LogP contribution in [0, 0.1) is 0 Å². The maximum absolute atomic E-state index is 11.0. The van der Waals surface area contributed by atoms with E-state index in [1.807, 2.05) is 0 Å². The van der Waals surface area contributed by atoms with E-state index in [-0.39, 0.29) is 17.2 Å². The summed E-state index contributed by atoms with van der Waals surface area (Å²) in [5.74, 6) is -1.46. The highest BCUT2D eigenvalue weighted by molar-refractivity contribution is 5.90. The van der Waals surface area contributed by atoms with Crippen LogP contribution in [0.15, 0.2) is 12.1 Å². The van der Waals surface area contributed by atoms with Crippen LogP contribution in [-0.2, 0) is 12.8 Å². The minimum absolute atomic E-state index is 0.0863. The number of aromatic amines is 1. The molecule has 2 aromatic rings. The molecule has 18 heavy (non-hydrogen) atoms. The molecule has 92 valence electrons. The molecule has 0 fully saturated rings. The second kappa shape index (κ2) is 3.49. The Morgan fingerprint density at radius 3 is 2.67 bits per heavy atom. The number of aromatic carboxylic acids is 1. The fourth-order valence-electron chi connectivity index (χ4n) is 2.32. The zero-order valence-electron chi connectivity index (χ0n) is 9.27. The van der Waals surface area contributed by atoms with Crippen molar-refractivity contribution in [1.29, 1.82) is 0 Å². The van der Waals surface area contributed by atoms with Gasteiger partial charge in [0.2, 0.25) is 0 Å². The molecule has 0 aliphatic heterocycles. The minimum Gasteiger partial charge on any atom is -0.504 e. The number of phenols is 2. The van der Waals surface area contributed by atoms with Crippen molar-refractivity contribution >= 4 is 5.97 Å². The SMILES string of the molecule is O=C(O)c1[nH]nc2c1CCc1cc(O)c(O)cc1-2. The Hall–Kier alpha value is -2.50. The Kier molecular flexibility index (Phi) is 2.07. The number of aromatic nitrogens is 2. The highest BCUT2D eigenvalue weighted by Gasteiger charge is 2.26. The molecule has 6 nitrogen and oxygen atoms in total. The molecule has 1 aliphatic carbocycles. The molecular formula is C12H10N2O4. The van der Waals surface area contributed by atoms with Crippen molar-refractivity contribution in [2.75, 3.05) is 0 Å². The zero-order valence-corrected chi connectivity index (χ0v) is 9.27. The molecule has 1 aromatic heterocycles. The first kappa shape index (κ1) is 10.6. The van der Waals surface area contributed by atoms with E-state index >= 15 is 0 Å². The van der Waals surface area contributed by atoms with Crippen LogP contribution in [0.3, 0.4) is 0 Å². The van der Waals surface area contributed by atoms with E-state index in [1.165, 1.54) is 12.1 Å². The van der Waals surface area contributed by atoms with Crippen molar-refractivity contribution in [1.82, 2.24) is 10.2 Å². The number of benzene rings is 1. The van der Waals surface area contributed by atoms with Crippen molar-refractivity contribution in [3.63, 3.8) is 0 Å². The third-order valence-electron chi connectivity index (χ3n) is 3.18. The van der Waals surface area contributed by atoms with Gasteiger partial charge in [-0.2, -0.15) is 5.10 Å². The molecule has 0 unspecified atom stereocenters. The van der Waals surface area contributed by atoms with E-state index in [0.29, 0.717) is 29.7 Å². The van der Waals surface area contributed by atoms with Crippen molar-refractivity contribution in [3.05, 3.63) is 29.0 Å². The van der Waals surface area contributed by atoms with E-state index in [1.54, 1.807) is 0 Å². The van der Waals surface area contributed by atoms with E-state index in [4.69, 9.17) is 5.11 Å². The fraction of sp³-hybridized carbons (Fsp3) is 0.167. The van der Waals surface area contributed by atoms with Gasteiger partial charge in [0.15, 0.2) is 11.5 Å². The van der Waals surface area contributed by atoms with Gasteiger partial charge in [-0.25, -0.2) is 4.79 Å². The highest BCUT2D eigenvalue weighted by Crippen LogP contribution is 2.39. The molecule has 3 rings (SSSR count). The maximum Gasteiger partial charge on any atom is 0.354 e. The molecule has 1 heterocycles. The van der Waals surface area contributed by atoms with Gasteiger partial charge in [-0.1, -0.05) is 0 Å². The van der Waals surface area contributed by atoms with E-state index in [9.17, 15) is 15.0 Å². The monoisotopic (exact) mass is 246 g/mol. The van der Waals surface area contributed by atoms with Crippen LogP contribution in [0.25, 0.3) is 11.3 Å². The summed E-state index contributed by atoms with van der Waals surface area (Å²) in [4.78, 5) is 11.0. The van der Waals surface area contributed by atoms with Crippen LogP contribution in [0.4, 0.5) is 0 Å². The summed E-state index contributed by atoms with van der Waals surface area (Å²) in [6.45, 7) is 0. The van der Waals surface area contributed by atoms with Crippen LogP contribution < -0.4 is 0 Å². The molecule has 0 amide bonds. The lowest BCUT2D eigenvalue weighted by Crippen LogP contribution is -2.07. The summed E-state index contributed by atoms with van der Waals surface area (Å²) in [6.07, 6.45) is 1.15. The summed E-state index contributed by atoms with van der Waals surface area (Å²) in [6, 6.07) is 2.90. The lowest BCUT2D eigenvalue weighted by molar-refractivity contribution is 0.0689. The lowest BCUT2D eigenvalue weighted by atomic mass is 9.88. The Labute approximate surface area is 102 Å². The molecule has 0 saturated carbocycles. The molecule has 0 spiro atoms. The lowest BCUT2D eigenvalue weighted by Gasteiger charge is -2.16.